The molecule has 1 amide bonds. The van der Waals surface area contributed by atoms with Crippen molar-refractivity contribution in [2.75, 3.05) is 13.2 Å². The number of amides is 1. The SMILES string of the molecule is CCCCNC(=O)CCCOc1ccc(CC)cc1. The number of benzene rings is 1. The van der Waals surface area contributed by atoms with Crippen molar-refractivity contribution < 1.29 is 9.53 Å². The number of carbonyl (C=O) groups excluding carboxylic acids is 1. The summed E-state index contributed by atoms with van der Waals surface area (Å²) in [5.74, 6) is 1.00. The van der Waals surface area contributed by atoms with Gasteiger partial charge in [-0.2, -0.15) is 0 Å². The molecule has 0 aliphatic carbocycles. The van der Waals surface area contributed by atoms with Crippen LogP contribution in [-0.4, -0.2) is 19.1 Å². The minimum absolute atomic E-state index is 0.124. The Kier molecular flexibility index (Phi) is 7.71. The standard InChI is InChI=1S/C16H25NO2/c1-3-5-12-17-16(18)7-6-13-19-15-10-8-14(4-2)9-11-15/h8-11H,3-7,12-13H2,1-2H3,(H,17,18). The average molecular weight is 263 g/mol. The molecule has 0 unspecified atom stereocenters. The lowest BCUT2D eigenvalue weighted by Crippen LogP contribution is -2.24. The molecule has 3 nitrogen and oxygen atoms in total. The van der Waals surface area contributed by atoms with Crippen LogP contribution in [0.4, 0.5) is 0 Å². The summed E-state index contributed by atoms with van der Waals surface area (Å²) in [5, 5.41) is 2.90. The van der Waals surface area contributed by atoms with Crippen LogP contribution in [0, 0.1) is 0 Å². The molecule has 0 saturated heterocycles. The lowest BCUT2D eigenvalue weighted by molar-refractivity contribution is -0.121. The summed E-state index contributed by atoms with van der Waals surface area (Å²) < 4.78 is 5.60. The molecule has 0 fully saturated rings. The van der Waals surface area contributed by atoms with Crippen molar-refractivity contribution in [1.82, 2.24) is 5.32 Å². The normalized spacial score (nSPS) is 10.2. The van der Waals surface area contributed by atoms with Crippen molar-refractivity contribution in [3.05, 3.63) is 29.8 Å². The second-order valence-electron chi connectivity index (χ2n) is 4.65. The van der Waals surface area contributed by atoms with Gasteiger partial charge >= 0.3 is 0 Å². The molecule has 1 aromatic carbocycles. The van der Waals surface area contributed by atoms with E-state index in [0.717, 1.165) is 38.0 Å². The van der Waals surface area contributed by atoms with Gasteiger partial charge in [-0.15, -0.1) is 0 Å². The molecule has 0 aliphatic heterocycles. The Bertz CT molecular complexity index is 360. The summed E-state index contributed by atoms with van der Waals surface area (Å²) in [6, 6.07) is 8.12. The number of carbonyl (C=O) groups is 1. The van der Waals surface area contributed by atoms with E-state index in [4.69, 9.17) is 4.74 Å². The minimum atomic E-state index is 0.124. The Morgan fingerprint density at radius 1 is 1.16 bits per heavy atom. The maximum absolute atomic E-state index is 11.4. The van der Waals surface area contributed by atoms with Crippen LogP contribution in [0.2, 0.25) is 0 Å². The molecule has 19 heavy (non-hydrogen) atoms. The van der Waals surface area contributed by atoms with Crippen molar-refractivity contribution in [2.24, 2.45) is 0 Å². The van der Waals surface area contributed by atoms with E-state index in [1.165, 1.54) is 5.56 Å². The first kappa shape index (κ1) is 15.5. The summed E-state index contributed by atoms with van der Waals surface area (Å²) in [6.07, 6.45) is 4.49. The maximum atomic E-state index is 11.4. The predicted octanol–water partition coefficient (Wildman–Crippen LogP) is 3.32. The second kappa shape index (κ2) is 9.42. The van der Waals surface area contributed by atoms with Crippen LogP contribution in [0.25, 0.3) is 0 Å². The second-order valence-corrected chi connectivity index (χ2v) is 4.65. The zero-order chi connectivity index (χ0) is 13.9. The number of hydrogen-bond acceptors (Lipinski definition) is 2. The van der Waals surface area contributed by atoms with Gasteiger partial charge in [0.2, 0.25) is 5.91 Å². The Hall–Kier alpha value is -1.51. The molecular formula is C16H25NO2. The van der Waals surface area contributed by atoms with E-state index in [9.17, 15) is 4.79 Å². The number of unbranched alkanes of at least 4 members (excludes halogenated alkanes) is 1. The van der Waals surface area contributed by atoms with Gasteiger partial charge < -0.3 is 10.1 Å². The third-order valence-electron chi connectivity index (χ3n) is 3.00. The Morgan fingerprint density at radius 3 is 2.53 bits per heavy atom. The van der Waals surface area contributed by atoms with E-state index in [1.807, 2.05) is 12.1 Å². The molecule has 0 heterocycles. The van der Waals surface area contributed by atoms with Crippen molar-refractivity contribution in [3.8, 4) is 5.75 Å². The van der Waals surface area contributed by atoms with Crippen molar-refractivity contribution in [2.45, 2.75) is 46.0 Å². The number of rotatable bonds is 9. The van der Waals surface area contributed by atoms with E-state index < -0.39 is 0 Å². The molecule has 1 N–H and O–H groups in total. The number of hydrogen-bond donors (Lipinski definition) is 1. The van der Waals surface area contributed by atoms with Crippen LogP contribution in [0.15, 0.2) is 24.3 Å². The van der Waals surface area contributed by atoms with Gasteiger partial charge in [0, 0.05) is 13.0 Å². The van der Waals surface area contributed by atoms with E-state index >= 15 is 0 Å². The fourth-order valence-electron chi connectivity index (χ4n) is 1.74. The van der Waals surface area contributed by atoms with Gasteiger partial charge in [0.05, 0.1) is 6.61 Å². The Balaban J connectivity index is 2.11. The summed E-state index contributed by atoms with van der Waals surface area (Å²) in [4.78, 5) is 11.4. The summed E-state index contributed by atoms with van der Waals surface area (Å²) in [5.41, 5.74) is 1.31. The van der Waals surface area contributed by atoms with Crippen LogP contribution in [0.5, 0.6) is 5.75 Å². The molecule has 3 heteroatoms. The smallest absolute Gasteiger partial charge is 0.220 e. The number of ether oxygens (including phenoxy) is 1. The monoisotopic (exact) mass is 263 g/mol. The maximum Gasteiger partial charge on any atom is 0.220 e. The summed E-state index contributed by atoms with van der Waals surface area (Å²) in [6.45, 7) is 5.62. The van der Waals surface area contributed by atoms with Gasteiger partial charge in [-0.25, -0.2) is 0 Å². The summed E-state index contributed by atoms with van der Waals surface area (Å²) >= 11 is 0. The molecule has 1 aromatic rings. The fourth-order valence-corrected chi connectivity index (χ4v) is 1.74. The molecule has 0 aromatic heterocycles. The van der Waals surface area contributed by atoms with Gasteiger partial charge in [-0.1, -0.05) is 32.4 Å². The highest BCUT2D eigenvalue weighted by Crippen LogP contribution is 2.12. The quantitative estimate of drug-likeness (QED) is 0.694. The van der Waals surface area contributed by atoms with Crippen molar-refractivity contribution in [3.63, 3.8) is 0 Å². The molecule has 106 valence electrons. The average Bonchev–Trinajstić information content (AvgIpc) is 2.44. The van der Waals surface area contributed by atoms with E-state index in [-0.39, 0.29) is 5.91 Å². The lowest BCUT2D eigenvalue weighted by atomic mass is 10.2. The zero-order valence-corrected chi connectivity index (χ0v) is 12.1. The molecule has 1 rings (SSSR count). The highest BCUT2D eigenvalue weighted by atomic mass is 16.5. The topological polar surface area (TPSA) is 38.3 Å². The molecular weight excluding hydrogens is 238 g/mol. The molecule has 0 bridgehead atoms. The molecule has 0 aliphatic rings. The van der Waals surface area contributed by atoms with Gasteiger partial charge in [0.15, 0.2) is 0 Å². The first-order valence-electron chi connectivity index (χ1n) is 7.24. The van der Waals surface area contributed by atoms with Crippen molar-refractivity contribution >= 4 is 5.91 Å². The molecule has 0 saturated carbocycles. The third kappa shape index (κ3) is 6.85. The Labute approximate surface area is 116 Å². The van der Waals surface area contributed by atoms with Crippen LogP contribution in [0.3, 0.4) is 0 Å². The first-order chi connectivity index (χ1) is 9.26. The lowest BCUT2D eigenvalue weighted by Gasteiger charge is -2.07. The van der Waals surface area contributed by atoms with Crippen molar-refractivity contribution in [1.29, 1.82) is 0 Å². The van der Waals surface area contributed by atoms with E-state index in [1.54, 1.807) is 0 Å². The van der Waals surface area contributed by atoms with Gasteiger partial charge in [-0.3, -0.25) is 4.79 Å². The number of nitrogens with one attached hydrogen (secondary N) is 1. The van der Waals surface area contributed by atoms with Gasteiger partial charge in [0.25, 0.3) is 0 Å². The highest BCUT2D eigenvalue weighted by Gasteiger charge is 2.00. The molecule has 0 spiro atoms. The molecule has 0 atom stereocenters. The van der Waals surface area contributed by atoms with Gasteiger partial charge in [0.1, 0.15) is 5.75 Å². The first-order valence-corrected chi connectivity index (χ1v) is 7.24. The highest BCUT2D eigenvalue weighted by molar-refractivity contribution is 5.75. The van der Waals surface area contributed by atoms with E-state index in [0.29, 0.717) is 13.0 Å². The molecule has 0 radical (unpaired) electrons. The zero-order valence-electron chi connectivity index (χ0n) is 12.1. The minimum Gasteiger partial charge on any atom is -0.494 e. The van der Waals surface area contributed by atoms with Crippen LogP contribution in [-0.2, 0) is 11.2 Å². The Morgan fingerprint density at radius 2 is 1.89 bits per heavy atom. The van der Waals surface area contributed by atoms with Crippen LogP contribution in [0.1, 0.15) is 45.1 Å². The predicted molar refractivity (Wildman–Crippen MR) is 78.5 cm³/mol. The fraction of sp³-hybridized carbons (Fsp3) is 0.562. The van der Waals surface area contributed by atoms with Gasteiger partial charge in [-0.05, 0) is 37.0 Å². The largest absolute Gasteiger partial charge is 0.494 e. The summed E-state index contributed by atoms with van der Waals surface area (Å²) in [7, 11) is 0. The number of aryl methyl sites for hydroxylation is 1. The third-order valence-corrected chi connectivity index (χ3v) is 3.00. The van der Waals surface area contributed by atoms with Crippen LogP contribution >= 0.6 is 0 Å². The van der Waals surface area contributed by atoms with E-state index in [2.05, 4.69) is 31.3 Å². The van der Waals surface area contributed by atoms with Crippen LogP contribution < -0.4 is 10.1 Å².